The Hall–Kier alpha value is -0.530. The van der Waals surface area contributed by atoms with E-state index in [0.717, 1.165) is 9.26 Å². The molecule has 2 rings (SSSR count). The standard InChI is InChI=1S/C10H8Cl2IN3O/c11-4-3-9-15-16-10(17-9)14-8-2-1-6(13)5-7(8)12/h1-2,5H,3-4H2,(H,14,16). The average molecular weight is 384 g/mol. The maximum absolute atomic E-state index is 6.07. The van der Waals surface area contributed by atoms with E-state index in [2.05, 4.69) is 38.1 Å². The van der Waals surface area contributed by atoms with E-state index >= 15 is 0 Å². The maximum atomic E-state index is 6.07. The largest absolute Gasteiger partial charge is 0.408 e. The topological polar surface area (TPSA) is 51.0 Å². The first-order valence-corrected chi connectivity index (χ1v) is 6.78. The highest BCUT2D eigenvalue weighted by molar-refractivity contribution is 14.1. The van der Waals surface area contributed by atoms with Crippen LogP contribution in [0.2, 0.25) is 5.02 Å². The molecule has 1 N–H and O–H groups in total. The Morgan fingerprint density at radius 3 is 2.88 bits per heavy atom. The molecule has 0 unspecified atom stereocenters. The number of aromatic nitrogens is 2. The van der Waals surface area contributed by atoms with Crippen molar-refractivity contribution in [2.24, 2.45) is 0 Å². The Morgan fingerprint density at radius 1 is 1.35 bits per heavy atom. The first-order valence-electron chi connectivity index (χ1n) is 4.79. The minimum Gasteiger partial charge on any atom is -0.408 e. The molecule has 7 heteroatoms. The van der Waals surface area contributed by atoms with Gasteiger partial charge in [0.15, 0.2) is 0 Å². The Morgan fingerprint density at radius 2 is 2.18 bits per heavy atom. The Labute approximate surface area is 122 Å². The van der Waals surface area contributed by atoms with Gasteiger partial charge in [-0.15, -0.1) is 16.7 Å². The van der Waals surface area contributed by atoms with Gasteiger partial charge < -0.3 is 9.73 Å². The van der Waals surface area contributed by atoms with E-state index in [4.69, 9.17) is 27.6 Å². The lowest BCUT2D eigenvalue weighted by Crippen LogP contribution is -1.91. The SMILES string of the molecule is ClCCc1nnc(Nc2ccc(I)cc2Cl)o1. The normalized spacial score (nSPS) is 10.5. The number of hydrogen-bond donors (Lipinski definition) is 1. The minimum absolute atomic E-state index is 0.313. The van der Waals surface area contributed by atoms with Gasteiger partial charge in [0.2, 0.25) is 5.89 Å². The van der Waals surface area contributed by atoms with Crippen LogP contribution < -0.4 is 5.32 Å². The zero-order valence-corrected chi connectivity index (χ0v) is 12.3. The van der Waals surface area contributed by atoms with Crippen molar-refractivity contribution in [3.63, 3.8) is 0 Å². The number of rotatable bonds is 4. The first-order chi connectivity index (χ1) is 8.19. The summed E-state index contributed by atoms with van der Waals surface area (Å²) in [6.07, 6.45) is 0.552. The van der Waals surface area contributed by atoms with Crippen LogP contribution in [0.4, 0.5) is 11.7 Å². The molecule has 0 aliphatic carbocycles. The van der Waals surface area contributed by atoms with Gasteiger partial charge in [0.25, 0.3) is 0 Å². The minimum atomic E-state index is 0.313. The van der Waals surface area contributed by atoms with Crippen LogP contribution >= 0.6 is 45.8 Å². The molecular formula is C10H8Cl2IN3O. The second kappa shape index (κ2) is 5.88. The van der Waals surface area contributed by atoms with Gasteiger partial charge in [0.05, 0.1) is 10.7 Å². The van der Waals surface area contributed by atoms with Crippen LogP contribution in [0.15, 0.2) is 22.6 Å². The third-order valence-electron chi connectivity index (χ3n) is 1.95. The molecule has 0 aliphatic rings. The van der Waals surface area contributed by atoms with E-state index < -0.39 is 0 Å². The van der Waals surface area contributed by atoms with Gasteiger partial charge in [0, 0.05) is 15.9 Å². The molecular weight excluding hydrogens is 376 g/mol. The zero-order chi connectivity index (χ0) is 12.3. The zero-order valence-electron chi connectivity index (χ0n) is 8.58. The smallest absolute Gasteiger partial charge is 0.320 e. The van der Waals surface area contributed by atoms with Crippen molar-refractivity contribution in [3.05, 3.63) is 32.7 Å². The van der Waals surface area contributed by atoms with E-state index in [1.807, 2.05) is 18.2 Å². The summed E-state index contributed by atoms with van der Waals surface area (Å²) in [5.41, 5.74) is 0.730. The average Bonchev–Trinajstić information content (AvgIpc) is 2.71. The van der Waals surface area contributed by atoms with Gasteiger partial charge in [-0.25, -0.2) is 0 Å². The number of nitrogens with zero attached hydrogens (tertiary/aromatic N) is 2. The molecule has 0 saturated heterocycles. The molecule has 2 aromatic rings. The van der Waals surface area contributed by atoms with E-state index in [1.54, 1.807) is 0 Å². The molecule has 0 fully saturated rings. The van der Waals surface area contributed by atoms with Crippen molar-refractivity contribution < 1.29 is 4.42 Å². The number of anilines is 2. The molecule has 0 radical (unpaired) electrons. The highest BCUT2D eigenvalue weighted by atomic mass is 127. The van der Waals surface area contributed by atoms with Crippen molar-refractivity contribution in [1.82, 2.24) is 10.2 Å². The van der Waals surface area contributed by atoms with E-state index in [9.17, 15) is 0 Å². The van der Waals surface area contributed by atoms with Crippen LogP contribution in [-0.4, -0.2) is 16.1 Å². The fourth-order valence-corrected chi connectivity index (χ4v) is 2.26. The molecule has 0 saturated carbocycles. The van der Waals surface area contributed by atoms with E-state index in [-0.39, 0.29) is 0 Å². The molecule has 0 atom stereocenters. The molecule has 0 aliphatic heterocycles. The van der Waals surface area contributed by atoms with Gasteiger partial charge in [0.1, 0.15) is 0 Å². The van der Waals surface area contributed by atoms with Crippen molar-refractivity contribution in [1.29, 1.82) is 0 Å². The number of benzene rings is 1. The summed E-state index contributed by atoms with van der Waals surface area (Å²) in [5.74, 6) is 0.954. The van der Waals surface area contributed by atoms with Crippen LogP contribution in [0.1, 0.15) is 5.89 Å². The Balaban J connectivity index is 2.13. The third kappa shape index (κ3) is 3.46. The van der Waals surface area contributed by atoms with Crippen molar-refractivity contribution >= 4 is 57.5 Å². The van der Waals surface area contributed by atoms with Crippen molar-refractivity contribution in [2.45, 2.75) is 6.42 Å². The Bertz CT molecular complexity index is 518. The van der Waals surface area contributed by atoms with Gasteiger partial charge in [-0.05, 0) is 40.8 Å². The number of halogens is 3. The van der Waals surface area contributed by atoms with Gasteiger partial charge in [-0.2, -0.15) is 0 Å². The van der Waals surface area contributed by atoms with E-state index in [0.29, 0.717) is 29.2 Å². The molecule has 0 bridgehead atoms. The molecule has 1 aromatic carbocycles. The van der Waals surface area contributed by atoms with Crippen molar-refractivity contribution in [3.8, 4) is 0 Å². The summed E-state index contributed by atoms with van der Waals surface area (Å²) in [6, 6.07) is 5.95. The van der Waals surface area contributed by atoms with Crippen LogP contribution in [0.3, 0.4) is 0 Å². The summed E-state index contributed by atoms with van der Waals surface area (Å²) >= 11 is 13.8. The molecule has 90 valence electrons. The lowest BCUT2D eigenvalue weighted by atomic mass is 10.3. The monoisotopic (exact) mass is 383 g/mol. The fourth-order valence-electron chi connectivity index (χ4n) is 1.19. The van der Waals surface area contributed by atoms with Gasteiger partial charge in [-0.3, -0.25) is 0 Å². The number of hydrogen-bond acceptors (Lipinski definition) is 4. The van der Waals surface area contributed by atoms with Crippen LogP contribution in [0.25, 0.3) is 0 Å². The summed E-state index contributed by atoms with van der Waals surface area (Å²) in [6.45, 7) is 0. The summed E-state index contributed by atoms with van der Waals surface area (Å²) in [5, 5.41) is 11.3. The number of nitrogens with one attached hydrogen (secondary N) is 1. The second-order valence-electron chi connectivity index (χ2n) is 3.19. The molecule has 0 spiro atoms. The van der Waals surface area contributed by atoms with Crippen molar-refractivity contribution in [2.75, 3.05) is 11.2 Å². The molecule has 1 aromatic heterocycles. The maximum Gasteiger partial charge on any atom is 0.320 e. The highest BCUT2D eigenvalue weighted by Crippen LogP contribution is 2.26. The molecule has 4 nitrogen and oxygen atoms in total. The Kier molecular flexibility index (Phi) is 4.47. The molecule has 0 amide bonds. The first kappa shape index (κ1) is 12.9. The quantitative estimate of drug-likeness (QED) is 0.643. The highest BCUT2D eigenvalue weighted by Gasteiger charge is 2.07. The van der Waals surface area contributed by atoms with Crippen LogP contribution in [0, 0.1) is 3.57 Å². The van der Waals surface area contributed by atoms with Gasteiger partial charge in [-0.1, -0.05) is 16.7 Å². The third-order valence-corrected chi connectivity index (χ3v) is 3.12. The van der Waals surface area contributed by atoms with Crippen LogP contribution in [0.5, 0.6) is 0 Å². The number of alkyl halides is 1. The number of aryl methyl sites for hydroxylation is 1. The predicted octanol–water partition coefficient (Wildman–Crippen LogP) is 3.85. The lowest BCUT2D eigenvalue weighted by molar-refractivity contribution is 0.516. The molecule has 17 heavy (non-hydrogen) atoms. The second-order valence-corrected chi connectivity index (χ2v) is 5.22. The fraction of sp³-hybridized carbons (Fsp3) is 0.200. The lowest BCUT2D eigenvalue weighted by Gasteiger charge is -2.03. The predicted molar refractivity (Wildman–Crippen MR) is 76.2 cm³/mol. The summed E-state index contributed by atoms with van der Waals surface area (Å²) in [4.78, 5) is 0. The van der Waals surface area contributed by atoms with Crippen LogP contribution in [-0.2, 0) is 6.42 Å². The molecule has 1 heterocycles. The summed E-state index contributed by atoms with van der Waals surface area (Å²) in [7, 11) is 0. The summed E-state index contributed by atoms with van der Waals surface area (Å²) < 4.78 is 6.40. The van der Waals surface area contributed by atoms with Gasteiger partial charge >= 0.3 is 6.01 Å². The van der Waals surface area contributed by atoms with E-state index in [1.165, 1.54) is 0 Å².